The van der Waals surface area contributed by atoms with Crippen LogP contribution in [0, 0.1) is 10.1 Å². The number of nitro benzene ring substituents is 1. The van der Waals surface area contributed by atoms with Gasteiger partial charge in [0, 0.05) is 12.6 Å². The Hall–Kier alpha value is -1.73. The van der Waals surface area contributed by atoms with E-state index < -0.39 is 0 Å². The molecule has 1 aromatic carbocycles. The minimum absolute atomic E-state index is 0.0862. The molecule has 2 N–H and O–H groups in total. The molecule has 1 aliphatic rings. The van der Waals surface area contributed by atoms with Crippen LogP contribution in [-0.2, 0) is 0 Å². The standard InChI is InChI=1S/C13H16N4O2S/c18-17(19)13-10(3-4-11-12(13)16-8-20-11)15-7-5-9-2-1-6-14-9/h3-4,8-9,14-15H,1-2,5-7H2. The summed E-state index contributed by atoms with van der Waals surface area (Å²) in [5, 5.41) is 17.9. The van der Waals surface area contributed by atoms with Crippen LogP contribution >= 0.6 is 11.3 Å². The van der Waals surface area contributed by atoms with Gasteiger partial charge in [-0.2, -0.15) is 0 Å². The van der Waals surface area contributed by atoms with E-state index in [-0.39, 0.29) is 10.6 Å². The molecule has 1 aliphatic heterocycles. The summed E-state index contributed by atoms with van der Waals surface area (Å²) in [5.74, 6) is 0. The van der Waals surface area contributed by atoms with Crippen LogP contribution < -0.4 is 10.6 Å². The summed E-state index contributed by atoms with van der Waals surface area (Å²) in [6, 6.07) is 4.20. The Morgan fingerprint density at radius 1 is 1.55 bits per heavy atom. The second-order valence-corrected chi connectivity index (χ2v) is 5.81. The van der Waals surface area contributed by atoms with Crippen molar-refractivity contribution in [2.75, 3.05) is 18.4 Å². The third kappa shape index (κ3) is 2.59. The molecule has 20 heavy (non-hydrogen) atoms. The first-order chi connectivity index (χ1) is 9.75. The Morgan fingerprint density at radius 3 is 3.20 bits per heavy atom. The maximum absolute atomic E-state index is 11.3. The fraction of sp³-hybridized carbons (Fsp3) is 0.462. The maximum atomic E-state index is 11.3. The van der Waals surface area contributed by atoms with Crippen LogP contribution in [0.2, 0.25) is 0 Å². The molecule has 0 amide bonds. The summed E-state index contributed by atoms with van der Waals surface area (Å²) in [5.41, 5.74) is 2.77. The van der Waals surface area contributed by atoms with Gasteiger partial charge in [-0.15, -0.1) is 11.3 Å². The largest absolute Gasteiger partial charge is 0.379 e. The number of nitro groups is 1. The molecule has 3 rings (SSSR count). The summed E-state index contributed by atoms with van der Waals surface area (Å²) >= 11 is 1.42. The summed E-state index contributed by atoms with van der Waals surface area (Å²) in [4.78, 5) is 15.0. The zero-order valence-electron chi connectivity index (χ0n) is 11.0. The Morgan fingerprint density at radius 2 is 2.45 bits per heavy atom. The Balaban J connectivity index is 1.76. The average molecular weight is 292 g/mol. The highest BCUT2D eigenvalue weighted by molar-refractivity contribution is 7.16. The van der Waals surface area contributed by atoms with Crippen LogP contribution in [0.1, 0.15) is 19.3 Å². The van der Waals surface area contributed by atoms with Crippen molar-refractivity contribution in [1.29, 1.82) is 0 Å². The smallest absolute Gasteiger partial charge is 0.319 e. The summed E-state index contributed by atoms with van der Waals surface area (Å²) in [6.07, 6.45) is 3.39. The lowest BCUT2D eigenvalue weighted by Crippen LogP contribution is -2.24. The van der Waals surface area contributed by atoms with Crippen LogP contribution in [0.25, 0.3) is 10.2 Å². The minimum atomic E-state index is -0.349. The number of aromatic nitrogens is 1. The molecule has 1 saturated heterocycles. The van der Waals surface area contributed by atoms with Gasteiger partial charge in [-0.25, -0.2) is 4.98 Å². The molecule has 1 unspecified atom stereocenters. The first-order valence-corrected chi connectivity index (χ1v) is 7.61. The van der Waals surface area contributed by atoms with Gasteiger partial charge in [0.25, 0.3) is 0 Å². The molecule has 7 heteroatoms. The van der Waals surface area contributed by atoms with Gasteiger partial charge in [-0.05, 0) is 37.9 Å². The van der Waals surface area contributed by atoms with E-state index in [0.717, 1.165) is 24.2 Å². The van der Waals surface area contributed by atoms with Crippen molar-refractivity contribution in [1.82, 2.24) is 10.3 Å². The van der Waals surface area contributed by atoms with Crippen molar-refractivity contribution in [2.24, 2.45) is 0 Å². The number of fused-ring (bicyclic) bond motifs is 1. The first-order valence-electron chi connectivity index (χ1n) is 6.73. The second-order valence-electron chi connectivity index (χ2n) is 4.93. The number of hydrogen-bond acceptors (Lipinski definition) is 6. The summed E-state index contributed by atoms with van der Waals surface area (Å²) < 4.78 is 0.847. The Bertz CT molecular complexity index is 622. The van der Waals surface area contributed by atoms with Gasteiger partial charge in [0.2, 0.25) is 0 Å². The van der Waals surface area contributed by atoms with Gasteiger partial charge in [0.1, 0.15) is 5.69 Å². The molecule has 2 heterocycles. The van der Waals surface area contributed by atoms with Gasteiger partial charge in [-0.1, -0.05) is 0 Å². The van der Waals surface area contributed by atoms with Crippen LogP contribution in [0.15, 0.2) is 17.6 Å². The molecule has 2 aromatic rings. The topological polar surface area (TPSA) is 80.1 Å². The van der Waals surface area contributed by atoms with E-state index in [1.807, 2.05) is 6.07 Å². The van der Waals surface area contributed by atoms with Crippen molar-refractivity contribution in [3.05, 3.63) is 27.8 Å². The van der Waals surface area contributed by atoms with Crippen molar-refractivity contribution < 1.29 is 4.92 Å². The van der Waals surface area contributed by atoms with Crippen molar-refractivity contribution in [2.45, 2.75) is 25.3 Å². The average Bonchev–Trinajstić information content (AvgIpc) is 3.07. The van der Waals surface area contributed by atoms with Crippen LogP contribution in [0.5, 0.6) is 0 Å². The normalized spacial score (nSPS) is 18.5. The Kier molecular flexibility index (Phi) is 3.79. The summed E-state index contributed by atoms with van der Waals surface area (Å²) in [6.45, 7) is 1.81. The molecule has 1 aromatic heterocycles. The van der Waals surface area contributed by atoms with E-state index in [0.29, 0.717) is 17.2 Å². The van der Waals surface area contributed by atoms with E-state index in [2.05, 4.69) is 15.6 Å². The maximum Gasteiger partial charge on any atom is 0.319 e. The number of hydrogen-bond donors (Lipinski definition) is 2. The third-order valence-electron chi connectivity index (χ3n) is 3.63. The number of rotatable bonds is 5. The van der Waals surface area contributed by atoms with Crippen molar-refractivity contribution in [3.63, 3.8) is 0 Å². The van der Waals surface area contributed by atoms with Crippen molar-refractivity contribution in [3.8, 4) is 0 Å². The molecule has 0 aliphatic carbocycles. The highest BCUT2D eigenvalue weighted by atomic mass is 32.1. The highest BCUT2D eigenvalue weighted by Crippen LogP contribution is 2.34. The van der Waals surface area contributed by atoms with Crippen LogP contribution in [-0.4, -0.2) is 29.0 Å². The van der Waals surface area contributed by atoms with E-state index in [1.165, 1.54) is 24.2 Å². The fourth-order valence-electron chi connectivity index (χ4n) is 2.63. The fourth-order valence-corrected chi connectivity index (χ4v) is 3.31. The highest BCUT2D eigenvalue weighted by Gasteiger charge is 2.21. The molecular weight excluding hydrogens is 276 g/mol. The lowest BCUT2D eigenvalue weighted by molar-refractivity contribution is -0.382. The van der Waals surface area contributed by atoms with Crippen molar-refractivity contribution >= 4 is 32.9 Å². The lowest BCUT2D eigenvalue weighted by atomic mass is 10.1. The zero-order chi connectivity index (χ0) is 13.9. The SMILES string of the molecule is O=[N+]([O-])c1c(NCCC2CCCN2)ccc2scnc12. The van der Waals surface area contributed by atoms with Gasteiger partial charge in [-0.3, -0.25) is 10.1 Å². The zero-order valence-corrected chi connectivity index (χ0v) is 11.8. The molecular formula is C13H16N4O2S. The molecule has 106 valence electrons. The Labute approximate surface area is 120 Å². The van der Waals surface area contributed by atoms with Crippen LogP contribution in [0.3, 0.4) is 0 Å². The molecule has 1 atom stereocenters. The van der Waals surface area contributed by atoms with Gasteiger partial charge >= 0.3 is 5.69 Å². The molecule has 6 nitrogen and oxygen atoms in total. The van der Waals surface area contributed by atoms with Gasteiger partial charge in [0.15, 0.2) is 5.52 Å². The predicted octanol–water partition coefficient (Wildman–Crippen LogP) is 2.76. The number of anilines is 1. The van der Waals surface area contributed by atoms with Crippen LogP contribution in [0.4, 0.5) is 11.4 Å². The number of benzene rings is 1. The molecule has 0 radical (unpaired) electrons. The molecule has 0 spiro atoms. The predicted molar refractivity (Wildman–Crippen MR) is 80.4 cm³/mol. The summed E-state index contributed by atoms with van der Waals surface area (Å²) in [7, 11) is 0. The number of nitrogens with zero attached hydrogens (tertiary/aromatic N) is 2. The monoisotopic (exact) mass is 292 g/mol. The van der Waals surface area contributed by atoms with E-state index >= 15 is 0 Å². The molecule has 0 saturated carbocycles. The van der Waals surface area contributed by atoms with E-state index in [1.54, 1.807) is 11.6 Å². The number of thiazole rings is 1. The van der Waals surface area contributed by atoms with Gasteiger partial charge in [0.05, 0.1) is 15.1 Å². The van der Waals surface area contributed by atoms with E-state index in [4.69, 9.17) is 0 Å². The lowest BCUT2D eigenvalue weighted by Gasteiger charge is -2.11. The molecule has 1 fully saturated rings. The number of nitrogens with one attached hydrogen (secondary N) is 2. The molecule has 0 bridgehead atoms. The minimum Gasteiger partial charge on any atom is -0.379 e. The quantitative estimate of drug-likeness (QED) is 0.654. The van der Waals surface area contributed by atoms with Gasteiger partial charge < -0.3 is 10.6 Å². The first kappa shape index (κ1) is 13.3. The second kappa shape index (κ2) is 5.72. The van der Waals surface area contributed by atoms with E-state index in [9.17, 15) is 10.1 Å². The third-order valence-corrected chi connectivity index (χ3v) is 4.42.